The normalized spacial score (nSPS) is 34.0. The number of epoxide rings is 1. The van der Waals surface area contributed by atoms with Crippen molar-refractivity contribution >= 4 is 5.78 Å². The minimum atomic E-state index is -0.672. The van der Waals surface area contributed by atoms with Gasteiger partial charge in [0.25, 0.3) is 0 Å². The molecule has 1 heterocycles. The van der Waals surface area contributed by atoms with Crippen molar-refractivity contribution in [2.75, 3.05) is 0 Å². The fourth-order valence-corrected chi connectivity index (χ4v) is 9.69. The van der Waals surface area contributed by atoms with Crippen molar-refractivity contribution in [2.24, 2.45) is 28.6 Å². The zero-order valence-electron chi connectivity index (χ0n) is 28.2. The molecule has 0 radical (unpaired) electrons. The highest BCUT2D eigenvalue weighted by atomic mass is 16.6. The van der Waals surface area contributed by atoms with Gasteiger partial charge in [-0.05, 0) is 130 Å². The summed E-state index contributed by atoms with van der Waals surface area (Å²) in [6, 6.07) is 16.1. The van der Waals surface area contributed by atoms with Gasteiger partial charge < -0.3 is 9.84 Å². The van der Waals surface area contributed by atoms with E-state index in [4.69, 9.17) is 4.74 Å². The smallest absolute Gasteiger partial charge is 0.155 e. The molecule has 0 bridgehead atoms. The largest absolute Gasteiger partial charge is 0.390 e. The molecule has 0 aromatic heterocycles. The van der Waals surface area contributed by atoms with E-state index in [1.165, 1.54) is 59.1 Å². The summed E-state index contributed by atoms with van der Waals surface area (Å²) in [7, 11) is 0. The molecular formula is C41H54O3. The fourth-order valence-electron chi connectivity index (χ4n) is 9.69. The van der Waals surface area contributed by atoms with E-state index in [1.54, 1.807) is 19.9 Å². The van der Waals surface area contributed by atoms with Crippen LogP contribution in [0.25, 0.3) is 11.1 Å². The molecule has 1 saturated heterocycles. The topological polar surface area (TPSA) is 49.8 Å². The Balaban J connectivity index is 0.000000335. The number of carbonyl (C=O) groups is 1. The summed E-state index contributed by atoms with van der Waals surface area (Å²) in [6.45, 7) is 18.0. The second-order valence-corrected chi connectivity index (χ2v) is 15.9. The third kappa shape index (κ3) is 5.07. The van der Waals surface area contributed by atoms with E-state index in [0.717, 1.165) is 37.5 Å². The molecule has 1 aliphatic heterocycles. The minimum absolute atomic E-state index is 0.147. The molecule has 3 heteroatoms. The predicted molar refractivity (Wildman–Crippen MR) is 181 cm³/mol. The van der Waals surface area contributed by atoms with Gasteiger partial charge in [0.1, 0.15) is 0 Å². The number of fused-ring (bicyclic) bond motifs is 4. The van der Waals surface area contributed by atoms with Gasteiger partial charge in [-0.2, -0.15) is 0 Å². The van der Waals surface area contributed by atoms with Crippen LogP contribution in [0.3, 0.4) is 0 Å². The Kier molecular flexibility index (Phi) is 7.94. The third-order valence-corrected chi connectivity index (χ3v) is 13.1. The van der Waals surface area contributed by atoms with Crippen LogP contribution in [-0.4, -0.2) is 28.2 Å². The van der Waals surface area contributed by atoms with E-state index in [2.05, 4.69) is 75.9 Å². The lowest BCUT2D eigenvalue weighted by Gasteiger charge is -2.59. The molecule has 0 amide bonds. The van der Waals surface area contributed by atoms with Gasteiger partial charge in [-0.15, -0.1) is 6.58 Å². The first-order valence-corrected chi connectivity index (χ1v) is 17.2. The molecule has 7 atom stereocenters. The minimum Gasteiger partial charge on any atom is -0.390 e. The van der Waals surface area contributed by atoms with Crippen molar-refractivity contribution in [1.82, 2.24) is 0 Å². The van der Waals surface area contributed by atoms with E-state index in [0.29, 0.717) is 23.7 Å². The predicted octanol–water partition coefficient (Wildman–Crippen LogP) is 9.69. The average Bonchev–Trinajstić information content (AvgIpc) is 3.56. The van der Waals surface area contributed by atoms with Crippen LogP contribution < -0.4 is 0 Å². The van der Waals surface area contributed by atoms with E-state index in [9.17, 15) is 9.90 Å². The number of aryl methyl sites for hydroxylation is 2. The van der Waals surface area contributed by atoms with Crippen LogP contribution in [0.4, 0.5) is 0 Å². The summed E-state index contributed by atoms with van der Waals surface area (Å²) in [4.78, 5) is 12.5. The summed E-state index contributed by atoms with van der Waals surface area (Å²) in [5, 5.41) is 9.47. The van der Waals surface area contributed by atoms with Crippen LogP contribution in [0.1, 0.15) is 109 Å². The number of hydrogen-bond donors (Lipinski definition) is 1. The van der Waals surface area contributed by atoms with Gasteiger partial charge in [-0.25, -0.2) is 0 Å². The fraction of sp³-hybridized carbons (Fsp3) is 0.585. The molecule has 7 rings (SSSR count). The van der Waals surface area contributed by atoms with Crippen molar-refractivity contribution in [2.45, 2.75) is 123 Å². The number of aliphatic hydroxyl groups is 1. The van der Waals surface area contributed by atoms with Gasteiger partial charge in [0, 0.05) is 11.8 Å². The van der Waals surface area contributed by atoms with Gasteiger partial charge >= 0.3 is 0 Å². The summed E-state index contributed by atoms with van der Waals surface area (Å²) in [5.41, 5.74) is 7.82. The highest BCUT2D eigenvalue weighted by molar-refractivity contribution is 5.91. The second kappa shape index (κ2) is 11.1. The summed E-state index contributed by atoms with van der Waals surface area (Å²) in [5.74, 6) is 2.95. The SMILES string of the molecule is C=CC(C)(C)C(C)(C)O.CCC12CCC(=O)C=C1CCC1C2C(c2ccc(-c3ccc(C)cc3)cc2C)CC23OC2CCC13. The standard InChI is InChI=1S/C33H38O2.C8H16O/c1-4-32-16-15-25(34)18-24(32)10-12-27-29-13-14-30-33(29,35-30)19-28(31(27)32)26-11-9-23(17-21(26)3)22-7-5-20(2)6-8-22;1-6-7(2,3)8(4,5)9/h5-9,11,17-18,27-31H,4,10,12-16,19H2,1-3H3;6,9H,1H2,2-5H3. The first-order valence-electron chi connectivity index (χ1n) is 17.2. The van der Waals surface area contributed by atoms with Crippen LogP contribution in [-0.2, 0) is 9.53 Å². The number of ketones is 1. The lowest BCUT2D eigenvalue weighted by Crippen LogP contribution is -2.54. The van der Waals surface area contributed by atoms with Crippen LogP contribution in [0.15, 0.2) is 66.8 Å². The van der Waals surface area contributed by atoms with Gasteiger partial charge in [0.2, 0.25) is 0 Å². The molecule has 1 N–H and O–H groups in total. The van der Waals surface area contributed by atoms with Crippen molar-refractivity contribution in [1.29, 1.82) is 0 Å². The van der Waals surface area contributed by atoms with Crippen LogP contribution >= 0.6 is 0 Å². The molecule has 4 aliphatic carbocycles. The maximum atomic E-state index is 12.5. The van der Waals surface area contributed by atoms with E-state index in [-0.39, 0.29) is 16.4 Å². The van der Waals surface area contributed by atoms with Crippen LogP contribution in [0.2, 0.25) is 0 Å². The van der Waals surface area contributed by atoms with Crippen LogP contribution in [0.5, 0.6) is 0 Å². The number of benzene rings is 2. The lowest BCUT2D eigenvalue weighted by molar-refractivity contribution is -0.118. The van der Waals surface area contributed by atoms with E-state index in [1.807, 2.05) is 13.8 Å². The maximum absolute atomic E-state index is 12.5. The molecule has 5 aliphatic rings. The average molecular weight is 595 g/mol. The molecule has 2 aromatic carbocycles. The molecule has 1 spiro atoms. The molecule has 236 valence electrons. The van der Waals surface area contributed by atoms with Crippen molar-refractivity contribution in [3.05, 3.63) is 83.5 Å². The first kappa shape index (κ1) is 31.5. The number of rotatable bonds is 5. The Morgan fingerprint density at radius 2 is 1.70 bits per heavy atom. The Bertz CT molecular complexity index is 1460. The third-order valence-electron chi connectivity index (χ3n) is 13.1. The maximum Gasteiger partial charge on any atom is 0.155 e. The van der Waals surface area contributed by atoms with Crippen molar-refractivity contribution in [3.63, 3.8) is 0 Å². The van der Waals surface area contributed by atoms with Gasteiger partial charge in [0.15, 0.2) is 5.78 Å². The Morgan fingerprint density at radius 3 is 2.30 bits per heavy atom. The van der Waals surface area contributed by atoms with Gasteiger partial charge in [-0.3, -0.25) is 4.79 Å². The zero-order valence-corrected chi connectivity index (χ0v) is 28.2. The number of carbonyl (C=O) groups excluding carboxylic acids is 1. The monoisotopic (exact) mass is 594 g/mol. The lowest BCUT2D eigenvalue weighted by atomic mass is 9.44. The van der Waals surface area contributed by atoms with Gasteiger partial charge in [0.05, 0.1) is 17.3 Å². The van der Waals surface area contributed by atoms with Crippen LogP contribution in [0, 0.1) is 42.4 Å². The first-order chi connectivity index (χ1) is 20.8. The number of ether oxygens (including phenoxy) is 1. The highest BCUT2D eigenvalue weighted by Gasteiger charge is 2.72. The molecular weight excluding hydrogens is 540 g/mol. The van der Waals surface area contributed by atoms with E-state index < -0.39 is 5.60 Å². The quantitative estimate of drug-likeness (QED) is 0.277. The second-order valence-electron chi connectivity index (χ2n) is 15.9. The summed E-state index contributed by atoms with van der Waals surface area (Å²) >= 11 is 0. The van der Waals surface area contributed by atoms with Crippen molar-refractivity contribution in [3.8, 4) is 11.1 Å². The summed E-state index contributed by atoms with van der Waals surface area (Å²) < 4.78 is 6.54. The molecule has 3 nitrogen and oxygen atoms in total. The molecule has 4 fully saturated rings. The molecule has 44 heavy (non-hydrogen) atoms. The highest BCUT2D eigenvalue weighted by Crippen LogP contribution is 2.72. The van der Waals surface area contributed by atoms with Crippen molar-refractivity contribution < 1.29 is 14.6 Å². The van der Waals surface area contributed by atoms with Gasteiger partial charge in [-0.1, -0.05) is 80.4 Å². The molecule has 3 saturated carbocycles. The molecule has 7 unspecified atom stereocenters. The summed E-state index contributed by atoms with van der Waals surface area (Å²) in [6.07, 6.45) is 13.4. The van der Waals surface area contributed by atoms with E-state index >= 15 is 0 Å². The number of allylic oxidation sites excluding steroid dienone is 1. The number of hydrogen-bond acceptors (Lipinski definition) is 3. The Morgan fingerprint density at radius 1 is 1.00 bits per heavy atom. The Labute approximate surface area is 266 Å². The molecule has 2 aromatic rings. The Hall–Kier alpha value is -2.49. The zero-order chi connectivity index (χ0) is 31.7.